The first-order valence-corrected chi connectivity index (χ1v) is 9.93. The molecule has 0 radical (unpaired) electrons. The van der Waals surface area contributed by atoms with Gasteiger partial charge in [0, 0.05) is 49.1 Å². The molecule has 2 bridgehead atoms. The number of hydrogen-bond donors (Lipinski definition) is 2. The fraction of sp³-hybridized carbons (Fsp3) is 0.455. The molecule has 154 valence electrons. The Kier molecular flexibility index (Phi) is 4.56. The van der Waals surface area contributed by atoms with Gasteiger partial charge in [-0.2, -0.15) is 0 Å². The maximum Gasteiger partial charge on any atom is 0.407 e. The topological polar surface area (TPSA) is 77.7 Å². The summed E-state index contributed by atoms with van der Waals surface area (Å²) in [4.78, 5) is 31.9. The van der Waals surface area contributed by atoms with Crippen LogP contribution in [-0.2, 0) is 22.6 Å². The summed E-state index contributed by atoms with van der Waals surface area (Å²) in [6, 6.07) is 6.14. The minimum Gasteiger partial charge on any atom is -0.444 e. The fourth-order valence-electron chi connectivity index (χ4n) is 4.18. The van der Waals surface area contributed by atoms with Crippen LogP contribution < -0.4 is 5.32 Å². The van der Waals surface area contributed by atoms with Gasteiger partial charge in [0.25, 0.3) is 0 Å². The van der Waals surface area contributed by atoms with Crippen molar-refractivity contribution >= 4 is 22.9 Å². The van der Waals surface area contributed by atoms with E-state index in [-0.39, 0.29) is 11.8 Å². The highest BCUT2D eigenvalue weighted by Crippen LogP contribution is 2.40. The fourth-order valence-corrected chi connectivity index (χ4v) is 4.18. The summed E-state index contributed by atoms with van der Waals surface area (Å²) in [5.74, 6) is 0.965. The number of nitrogens with one attached hydrogen (secondary N) is 2. The Morgan fingerprint density at radius 3 is 2.86 bits per heavy atom. The van der Waals surface area contributed by atoms with Gasteiger partial charge in [-0.1, -0.05) is 12.6 Å². The number of ether oxygens (including phenoxy) is 1. The molecule has 1 aromatic carbocycles. The van der Waals surface area contributed by atoms with Crippen LogP contribution in [0.1, 0.15) is 49.9 Å². The molecule has 2 N–H and O–H groups in total. The Balaban J connectivity index is 1.61. The molecular weight excluding hydrogens is 368 g/mol. The van der Waals surface area contributed by atoms with Crippen LogP contribution in [-0.4, -0.2) is 46.0 Å². The molecule has 0 spiro atoms. The summed E-state index contributed by atoms with van der Waals surface area (Å²) in [6.45, 7) is 11.5. The Bertz CT molecular complexity index is 1000. The number of fused-ring (bicyclic) bond motifs is 6. The summed E-state index contributed by atoms with van der Waals surface area (Å²) in [5, 5.41) is 3.93. The highest BCUT2D eigenvalue weighted by atomic mass is 16.6. The van der Waals surface area contributed by atoms with Gasteiger partial charge in [-0.3, -0.25) is 4.79 Å². The third kappa shape index (κ3) is 3.69. The van der Waals surface area contributed by atoms with E-state index in [1.54, 1.807) is 11.9 Å². The maximum atomic E-state index is 12.6. The molecule has 3 heterocycles. The number of amides is 2. The number of H-pyrrole nitrogens is 1. The van der Waals surface area contributed by atoms with Gasteiger partial charge in [0.15, 0.2) is 0 Å². The lowest BCUT2D eigenvalue weighted by atomic mass is 9.89. The van der Waals surface area contributed by atoms with Crippen LogP contribution in [0.2, 0.25) is 0 Å². The summed E-state index contributed by atoms with van der Waals surface area (Å²) >= 11 is 0. The van der Waals surface area contributed by atoms with E-state index in [1.165, 1.54) is 5.56 Å². The molecule has 1 saturated heterocycles. The van der Waals surface area contributed by atoms with Crippen molar-refractivity contribution in [2.45, 2.75) is 51.8 Å². The number of carbonyl (C=O) groups excluding carboxylic acids is 2. The van der Waals surface area contributed by atoms with Gasteiger partial charge in [0.1, 0.15) is 11.4 Å². The van der Waals surface area contributed by atoms with Crippen molar-refractivity contribution in [3.63, 3.8) is 0 Å². The standard InChI is InChI=1S/C22H28N4O3/c1-13-25(5)19(27)9-15-11-26(13)12-18-20(15)16-8-14(6-7-17(16)24-18)10-23-21(28)29-22(2,3)4/h6-8,15,24H,1,9-12H2,2-5H3,(H,23,28). The van der Waals surface area contributed by atoms with Gasteiger partial charge in [-0.15, -0.1) is 0 Å². The highest BCUT2D eigenvalue weighted by Gasteiger charge is 2.36. The molecular formula is C22H28N4O3. The first-order valence-electron chi connectivity index (χ1n) is 9.93. The lowest BCUT2D eigenvalue weighted by molar-refractivity contribution is -0.128. The number of aromatic nitrogens is 1. The number of rotatable bonds is 2. The van der Waals surface area contributed by atoms with Crippen molar-refractivity contribution in [2.75, 3.05) is 13.6 Å². The molecule has 7 nitrogen and oxygen atoms in total. The van der Waals surface area contributed by atoms with Crippen LogP contribution in [0, 0.1) is 0 Å². The van der Waals surface area contributed by atoms with E-state index < -0.39 is 11.7 Å². The van der Waals surface area contributed by atoms with E-state index in [1.807, 2.05) is 32.9 Å². The van der Waals surface area contributed by atoms with Crippen molar-refractivity contribution < 1.29 is 14.3 Å². The molecule has 2 aliphatic rings. The molecule has 1 atom stereocenters. The zero-order valence-electron chi connectivity index (χ0n) is 17.5. The van der Waals surface area contributed by atoms with Gasteiger partial charge in [-0.05, 0) is 44.0 Å². The number of aromatic amines is 1. The predicted molar refractivity (Wildman–Crippen MR) is 111 cm³/mol. The molecule has 2 amide bonds. The Hall–Kier alpha value is -2.96. The summed E-state index contributed by atoms with van der Waals surface area (Å²) in [7, 11) is 1.79. The SMILES string of the molecule is C=C1N2Cc3[nH]c4ccc(CNC(=O)OC(C)(C)C)cc4c3C(CC(=O)N1C)C2. The van der Waals surface area contributed by atoms with E-state index in [2.05, 4.69) is 27.8 Å². The first kappa shape index (κ1) is 19.4. The first-order chi connectivity index (χ1) is 13.6. The van der Waals surface area contributed by atoms with Gasteiger partial charge >= 0.3 is 6.09 Å². The van der Waals surface area contributed by atoms with Gasteiger partial charge in [0.2, 0.25) is 5.91 Å². The van der Waals surface area contributed by atoms with Crippen LogP contribution in [0.4, 0.5) is 4.79 Å². The number of nitrogens with zero attached hydrogens (tertiary/aromatic N) is 2. The quantitative estimate of drug-likeness (QED) is 0.815. The predicted octanol–water partition coefficient (Wildman–Crippen LogP) is 3.43. The molecule has 2 aliphatic heterocycles. The van der Waals surface area contributed by atoms with Crippen molar-refractivity contribution in [3.05, 3.63) is 47.4 Å². The van der Waals surface area contributed by atoms with Crippen molar-refractivity contribution in [3.8, 4) is 0 Å². The molecule has 0 aliphatic carbocycles. The Morgan fingerprint density at radius 2 is 2.14 bits per heavy atom. The van der Waals surface area contributed by atoms with Crippen molar-refractivity contribution in [1.29, 1.82) is 0 Å². The molecule has 1 fully saturated rings. The number of carbonyl (C=O) groups is 2. The summed E-state index contributed by atoms with van der Waals surface area (Å²) in [5.41, 5.74) is 3.87. The van der Waals surface area contributed by atoms with Gasteiger partial charge in [-0.25, -0.2) is 4.79 Å². The normalized spacial score (nSPS) is 19.2. The Labute approximate surface area is 170 Å². The lowest BCUT2D eigenvalue weighted by Crippen LogP contribution is -2.35. The lowest BCUT2D eigenvalue weighted by Gasteiger charge is -2.33. The molecule has 0 saturated carbocycles. The minimum absolute atomic E-state index is 0.0902. The molecule has 1 aromatic heterocycles. The van der Waals surface area contributed by atoms with Crippen molar-refractivity contribution in [1.82, 2.24) is 20.1 Å². The molecule has 4 rings (SSSR count). The second-order valence-electron chi connectivity index (χ2n) is 8.90. The third-order valence-electron chi connectivity index (χ3n) is 5.57. The van der Waals surface area contributed by atoms with Crippen LogP contribution in [0.3, 0.4) is 0 Å². The number of benzene rings is 1. The van der Waals surface area contributed by atoms with E-state index >= 15 is 0 Å². The van der Waals surface area contributed by atoms with Crippen LogP contribution in [0.15, 0.2) is 30.6 Å². The molecule has 2 aromatic rings. The second kappa shape index (κ2) is 6.83. The van der Waals surface area contributed by atoms with Crippen molar-refractivity contribution in [2.24, 2.45) is 0 Å². The minimum atomic E-state index is -0.525. The van der Waals surface area contributed by atoms with Gasteiger partial charge in [0.05, 0.1) is 6.54 Å². The molecule has 7 heteroatoms. The summed E-state index contributed by atoms with van der Waals surface area (Å²) < 4.78 is 5.31. The zero-order chi connectivity index (χ0) is 20.9. The highest BCUT2D eigenvalue weighted by molar-refractivity contribution is 5.88. The third-order valence-corrected chi connectivity index (χ3v) is 5.57. The van der Waals surface area contributed by atoms with Crippen LogP contribution in [0.5, 0.6) is 0 Å². The molecule has 1 unspecified atom stereocenters. The van der Waals surface area contributed by atoms with Gasteiger partial charge < -0.3 is 24.8 Å². The van der Waals surface area contributed by atoms with E-state index in [0.717, 1.165) is 34.5 Å². The zero-order valence-corrected chi connectivity index (χ0v) is 17.5. The average Bonchev–Trinajstić information content (AvgIpc) is 2.98. The second-order valence-corrected chi connectivity index (χ2v) is 8.90. The largest absolute Gasteiger partial charge is 0.444 e. The Morgan fingerprint density at radius 1 is 1.38 bits per heavy atom. The number of hydrogen-bond acceptors (Lipinski definition) is 4. The van der Waals surface area contributed by atoms with Crippen LogP contribution in [0.25, 0.3) is 10.9 Å². The van der Waals surface area contributed by atoms with E-state index in [9.17, 15) is 9.59 Å². The van der Waals surface area contributed by atoms with E-state index in [0.29, 0.717) is 19.5 Å². The van der Waals surface area contributed by atoms with E-state index in [4.69, 9.17) is 4.74 Å². The average molecular weight is 396 g/mol. The summed E-state index contributed by atoms with van der Waals surface area (Å²) in [6.07, 6.45) is 0.0343. The smallest absolute Gasteiger partial charge is 0.407 e. The number of alkyl carbamates (subject to hydrolysis) is 1. The maximum absolute atomic E-state index is 12.6. The molecule has 29 heavy (non-hydrogen) atoms. The van der Waals surface area contributed by atoms with Crippen LogP contribution >= 0.6 is 0 Å². The monoisotopic (exact) mass is 396 g/mol.